The molecule has 0 radical (unpaired) electrons. The molecule has 0 spiro atoms. The average molecular weight is 429 g/mol. The van der Waals surface area contributed by atoms with E-state index in [0.717, 1.165) is 24.8 Å². The van der Waals surface area contributed by atoms with Crippen molar-refractivity contribution in [3.8, 4) is 11.5 Å². The van der Waals surface area contributed by atoms with Crippen molar-refractivity contribution in [3.05, 3.63) is 48.6 Å². The number of ether oxygens (including phenoxy) is 2. The summed E-state index contributed by atoms with van der Waals surface area (Å²) in [6, 6.07) is 5.64. The molecule has 3 heteroatoms. The first kappa shape index (κ1) is 27.0. The van der Waals surface area contributed by atoms with E-state index in [1.54, 1.807) is 13.2 Å². The normalized spacial score (nSPS) is 11.0. The third kappa shape index (κ3) is 13.8. The first-order valence-electron chi connectivity index (χ1n) is 12.3. The van der Waals surface area contributed by atoms with E-state index in [1.807, 2.05) is 18.2 Å². The van der Waals surface area contributed by atoms with Gasteiger partial charge in [0.1, 0.15) is 0 Å². The van der Waals surface area contributed by atoms with Gasteiger partial charge in [0.05, 0.1) is 7.11 Å². The van der Waals surface area contributed by atoms with Crippen LogP contribution in [0.3, 0.4) is 0 Å². The molecule has 0 fully saturated rings. The van der Waals surface area contributed by atoms with Crippen LogP contribution >= 0.6 is 0 Å². The molecule has 0 aromatic heterocycles. The molecule has 3 nitrogen and oxygen atoms in total. The Hall–Kier alpha value is -2.03. The fourth-order valence-electron chi connectivity index (χ4n) is 3.60. The minimum absolute atomic E-state index is 0.188. The van der Waals surface area contributed by atoms with Crippen molar-refractivity contribution in [3.63, 3.8) is 0 Å². The van der Waals surface area contributed by atoms with Gasteiger partial charge in [0.25, 0.3) is 0 Å². The van der Waals surface area contributed by atoms with Crippen molar-refractivity contribution in [2.75, 3.05) is 7.11 Å². The van der Waals surface area contributed by atoms with Gasteiger partial charge in [-0.2, -0.15) is 0 Å². The molecule has 0 atom stereocenters. The van der Waals surface area contributed by atoms with Crippen molar-refractivity contribution in [1.29, 1.82) is 0 Å². The summed E-state index contributed by atoms with van der Waals surface area (Å²) in [6.07, 6.45) is 24.0. The number of methoxy groups -OCH3 is 1. The summed E-state index contributed by atoms with van der Waals surface area (Å²) in [5.74, 6) is 0.901. The number of benzene rings is 1. The van der Waals surface area contributed by atoms with Crippen molar-refractivity contribution >= 4 is 5.97 Å². The Kier molecular flexibility index (Phi) is 16.3. The predicted octanol–water partition coefficient (Wildman–Crippen LogP) is 8.37. The molecule has 31 heavy (non-hydrogen) atoms. The van der Waals surface area contributed by atoms with Crippen molar-refractivity contribution < 1.29 is 14.3 Å². The number of hydrogen-bond acceptors (Lipinski definition) is 3. The molecule has 0 unspecified atom stereocenters. The standard InChI is InChI=1S/C28H44O3/c1-4-6-7-8-9-10-11-12-13-14-15-16-17-18-19-21-28(29)31-26-23-22-25(20-5-2)24-27(26)30-3/h5,12-13,22-24H,2,4,6-11,14-21H2,1,3H3. The van der Waals surface area contributed by atoms with E-state index >= 15 is 0 Å². The first-order chi connectivity index (χ1) is 15.2. The van der Waals surface area contributed by atoms with Crippen LogP contribution in [-0.2, 0) is 11.2 Å². The Morgan fingerprint density at radius 2 is 1.48 bits per heavy atom. The third-order valence-electron chi connectivity index (χ3n) is 5.47. The summed E-state index contributed by atoms with van der Waals surface area (Å²) in [6.45, 7) is 6.01. The molecule has 1 aromatic rings. The number of carbonyl (C=O) groups is 1. The lowest BCUT2D eigenvalue weighted by Crippen LogP contribution is -2.08. The Morgan fingerprint density at radius 3 is 2.10 bits per heavy atom. The summed E-state index contributed by atoms with van der Waals surface area (Å²) in [7, 11) is 1.59. The maximum atomic E-state index is 12.1. The van der Waals surface area contributed by atoms with E-state index in [2.05, 4.69) is 25.7 Å². The van der Waals surface area contributed by atoms with Gasteiger partial charge >= 0.3 is 5.97 Å². The topological polar surface area (TPSA) is 35.5 Å². The van der Waals surface area contributed by atoms with Gasteiger partial charge in [0.15, 0.2) is 11.5 Å². The Labute approximate surface area is 190 Å². The second-order valence-electron chi connectivity index (χ2n) is 8.29. The molecule has 0 aliphatic carbocycles. The molecule has 0 bridgehead atoms. The Morgan fingerprint density at radius 1 is 0.871 bits per heavy atom. The molecular formula is C28H44O3. The Bertz CT molecular complexity index is 633. The van der Waals surface area contributed by atoms with Crippen molar-refractivity contribution in [2.45, 2.75) is 103 Å². The second-order valence-corrected chi connectivity index (χ2v) is 8.29. The molecule has 0 saturated heterocycles. The van der Waals surface area contributed by atoms with Crippen LogP contribution in [0.15, 0.2) is 43.0 Å². The maximum Gasteiger partial charge on any atom is 0.311 e. The van der Waals surface area contributed by atoms with Gasteiger partial charge in [-0.05, 0) is 56.2 Å². The van der Waals surface area contributed by atoms with E-state index in [1.165, 1.54) is 70.6 Å². The monoisotopic (exact) mass is 428 g/mol. The zero-order valence-corrected chi connectivity index (χ0v) is 20.0. The fraction of sp³-hybridized carbons (Fsp3) is 0.607. The zero-order valence-electron chi connectivity index (χ0n) is 20.0. The first-order valence-corrected chi connectivity index (χ1v) is 12.3. The molecule has 0 heterocycles. The molecule has 0 saturated carbocycles. The molecule has 1 rings (SSSR count). The van der Waals surface area contributed by atoms with Crippen LogP contribution in [0, 0.1) is 0 Å². The molecule has 0 aliphatic rings. The van der Waals surface area contributed by atoms with E-state index in [9.17, 15) is 4.79 Å². The summed E-state index contributed by atoms with van der Waals surface area (Å²) < 4.78 is 10.8. The summed E-state index contributed by atoms with van der Waals surface area (Å²) in [5.41, 5.74) is 1.09. The van der Waals surface area contributed by atoms with Crippen molar-refractivity contribution in [2.24, 2.45) is 0 Å². The number of unbranched alkanes of at least 4 members (excludes halogenated alkanes) is 11. The fourth-order valence-corrected chi connectivity index (χ4v) is 3.60. The highest BCUT2D eigenvalue weighted by molar-refractivity contribution is 5.73. The summed E-state index contributed by atoms with van der Waals surface area (Å²) in [5, 5.41) is 0. The summed E-state index contributed by atoms with van der Waals surface area (Å²) >= 11 is 0. The van der Waals surface area contributed by atoms with Crippen LogP contribution in [0.4, 0.5) is 0 Å². The van der Waals surface area contributed by atoms with Crippen LogP contribution in [0.1, 0.15) is 102 Å². The van der Waals surface area contributed by atoms with Crippen LogP contribution in [0.2, 0.25) is 0 Å². The van der Waals surface area contributed by atoms with Crippen LogP contribution < -0.4 is 9.47 Å². The Balaban J connectivity index is 2.04. The van der Waals surface area contributed by atoms with Crippen molar-refractivity contribution in [1.82, 2.24) is 0 Å². The number of rotatable bonds is 19. The van der Waals surface area contributed by atoms with Gasteiger partial charge in [-0.1, -0.05) is 82.6 Å². The maximum absolute atomic E-state index is 12.1. The second kappa shape index (κ2) is 18.7. The zero-order chi connectivity index (χ0) is 22.6. The minimum Gasteiger partial charge on any atom is -0.493 e. The number of allylic oxidation sites excluding steroid dienone is 3. The number of esters is 1. The van der Waals surface area contributed by atoms with Gasteiger partial charge in [-0.3, -0.25) is 4.79 Å². The van der Waals surface area contributed by atoms with Gasteiger partial charge < -0.3 is 9.47 Å². The lowest BCUT2D eigenvalue weighted by molar-refractivity contribution is -0.134. The van der Waals surface area contributed by atoms with Crippen LogP contribution in [0.5, 0.6) is 11.5 Å². The molecule has 1 aromatic carbocycles. The van der Waals surface area contributed by atoms with Gasteiger partial charge in [0.2, 0.25) is 0 Å². The highest BCUT2D eigenvalue weighted by Crippen LogP contribution is 2.29. The third-order valence-corrected chi connectivity index (χ3v) is 5.47. The van der Waals surface area contributed by atoms with E-state index in [0.29, 0.717) is 17.9 Å². The highest BCUT2D eigenvalue weighted by Gasteiger charge is 2.10. The SMILES string of the molecule is C=CCc1ccc(OC(=O)CCCCCCCC=CCCCCCCCC)c(OC)c1. The smallest absolute Gasteiger partial charge is 0.311 e. The predicted molar refractivity (Wildman–Crippen MR) is 132 cm³/mol. The van der Waals surface area contributed by atoms with E-state index in [4.69, 9.17) is 9.47 Å². The lowest BCUT2D eigenvalue weighted by atomic mass is 10.1. The number of carbonyl (C=O) groups excluding carboxylic acids is 1. The molecule has 0 amide bonds. The van der Waals surface area contributed by atoms with Gasteiger partial charge in [-0.15, -0.1) is 6.58 Å². The summed E-state index contributed by atoms with van der Waals surface area (Å²) in [4.78, 5) is 12.1. The minimum atomic E-state index is -0.188. The average Bonchev–Trinajstić information content (AvgIpc) is 2.77. The van der Waals surface area contributed by atoms with E-state index < -0.39 is 0 Å². The lowest BCUT2D eigenvalue weighted by Gasteiger charge is -2.10. The van der Waals surface area contributed by atoms with Gasteiger partial charge in [-0.25, -0.2) is 0 Å². The van der Waals surface area contributed by atoms with Crippen LogP contribution in [0.25, 0.3) is 0 Å². The quantitative estimate of drug-likeness (QED) is 0.0960. The molecular weight excluding hydrogens is 384 g/mol. The molecule has 0 N–H and O–H groups in total. The van der Waals surface area contributed by atoms with Crippen LogP contribution in [-0.4, -0.2) is 13.1 Å². The number of hydrogen-bond donors (Lipinski definition) is 0. The largest absolute Gasteiger partial charge is 0.493 e. The molecule has 0 aliphatic heterocycles. The highest BCUT2D eigenvalue weighted by atomic mass is 16.6. The van der Waals surface area contributed by atoms with Gasteiger partial charge in [0, 0.05) is 6.42 Å². The van der Waals surface area contributed by atoms with E-state index in [-0.39, 0.29) is 5.97 Å². The molecule has 174 valence electrons.